The summed E-state index contributed by atoms with van der Waals surface area (Å²) in [5.74, 6) is 1.49. The van der Waals surface area contributed by atoms with Gasteiger partial charge in [-0.3, -0.25) is 0 Å². The van der Waals surface area contributed by atoms with Crippen molar-refractivity contribution < 1.29 is 13.2 Å². The molecule has 2 aromatic rings. The summed E-state index contributed by atoms with van der Waals surface area (Å²) in [6.07, 6.45) is 2.43. The molecule has 29 heavy (non-hydrogen) atoms. The summed E-state index contributed by atoms with van der Waals surface area (Å²) in [6.45, 7) is 7.99. The van der Waals surface area contributed by atoms with Crippen molar-refractivity contribution in [3.8, 4) is 5.75 Å². The topological polar surface area (TPSA) is 106 Å². The zero-order chi connectivity index (χ0) is 21.1. The minimum atomic E-state index is -3.66. The van der Waals surface area contributed by atoms with Crippen LogP contribution in [0, 0.1) is 0 Å². The van der Waals surface area contributed by atoms with Crippen molar-refractivity contribution in [1.82, 2.24) is 10.6 Å². The van der Waals surface area contributed by atoms with E-state index in [1.54, 1.807) is 18.2 Å². The van der Waals surface area contributed by atoms with Crippen LogP contribution in [0.25, 0.3) is 0 Å². The van der Waals surface area contributed by atoms with Gasteiger partial charge in [-0.15, -0.1) is 0 Å². The van der Waals surface area contributed by atoms with Crippen LogP contribution in [0.4, 0.5) is 0 Å². The van der Waals surface area contributed by atoms with Crippen LogP contribution in [0.1, 0.15) is 18.1 Å². The molecule has 8 heteroatoms. The van der Waals surface area contributed by atoms with Crippen molar-refractivity contribution in [1.29, 1.82) is 0 Å². The number of guanidine groups is 1. The molecule has 2 rings (SSSR count). The number of ether oxygens (including phenoxy) is 1. The third-order valence-electron chi connectivity index (χ3n) is 4.04. The Morgan fingerprint density at radius 2 is 1.90 bits per heavy atom. The van der Waals surface area contributed by atoms with E-state index in [1.165, 1.54) is 12.1 Å². The van der Waals surface area contributed by atoms with Gasteiger partial charge in [0.1, 0.15) is 12.4 Å². The Morgan fingerprint density at radius 1 is 1.17 bits per heavy atom. The average Bonchev–Trinajstić information content (AvgIpc) is 2.71. The summed E-state index contributed by atoms with van der Waals surface area (Å²) in [6, 6.07) is 14.3. The van der Waals surface area contributed by atoms with E-state index in [0.717, 1.165) is 23.4 Å². The lowest BCUT2D eigenvalue weighted by Crippen LogP contribution is -2.38. The van der Waals surface area contributed by atoms with E-state index in [4.69, 9.17) is 9.88 Å². The Hall–Kier alpha value is -2.84. The molecule has 0 aliphatic carbocycles. The Morgan fingerprint density at radius 3 is 2.55 bits per heavy atom. The lowest BCUT2D eigenvalue weighted by molar-refractivity contribution is 0.359. The number of benzene rings is 2. The number of aliphatic imine (C=N–C) groups is 1. The maximum Gasteiger partial charge on any atom is 0.238 e. The van der Waals surface area contributed by atoms with Crippen LogP contribution in [-0.4, -0.2) is 34.1 Å². The van der Waals surface area contributed by atoms with E-state index in [1.807, 2.05) is 31.2 Å². The smallest absolute Gasteiger partial charge is 0.238 e. The van der Waals surface area contributed by atoms with Gasteiger partial charge in [0.2, 0.25) is 10.0 Å². The normalized spacial score (nSPS) is 11.7. The predicted octanol–water partition coefficient (Wildman–Crippen LogP) is 2.20. The lowest BCUT2D eigenvalue weighted by atomic mass is 10.1. The molecular weight excluding hydrogens is 388 g/mol. The highest BCUT2D eigenvalue weighted by molar-refractivity contribution is 7.89. The third kappa shape index (κ3) is 7.59. The zero-order valence-electron chi connectivity index (χ0n) is 16.6. The van der Waals surface area contributed by atoms with Crippen LogP contribution in [-0.2, 0) is 23.0 Å². The fourth-order valence-electron chi connectivity index (χ4n) is 2.60. The van der Waals surface area contributed by atoms with Crippen LogP contribution in [0.5, 0.6) is 5.75 Å². The van der Waals surface area contributed by atoms with E-state index in [2.05, 4.69) is 22.2 Å². The summed E-state index contributed by atoms with van der Waals surface area (Å²) < 4.78 is 28.3. The number of sulfonamides is 1. The molecule has 7 nitrogen and oxygen atoms in total. The molecule has 0 aromatic heterocycles. The molecule has 0 aliphatic rings. The van der Waals surface area contributed by atoms with E-state index in [0.29, 0.717) is 32.1 Å². The van der Waals surface area contributed by atoms with Crippen molar-refractivity contribution in [3.05, 3.63) is 72.3 Å². The molecule has 0 bridgehead atoms. The fourth-order valence-corrected chi connectivity index (χ4v) is 3.12. The highest BCUT2D eigenvalue weighted by atomic mass is 32.2. The fraction of sp³-hybridized carbons (Fsp3) is 0.286. The van der Waals surface area contributed by atoms with Crippen LogP contribution in [0.2, 0.25) is 0 Å². The van der Waals surface area contributed by atoms with Crippen molar-refractivity contribution in [3.63, 3.8) is 0 Å². The number of para-hydroxylation sites is 1. The van der Waals surface area contributed by atoms with E-state index in [-0.39, 0.29) is 4.90 Å². The minimum Gasteiger partial charge on any atom is -0.489 e. The van der Waals surface area contributed by atoms with Gasteiger partial charge in [0, 0.05) is 18.7 Å². The van der Waals surface area contributed by atoms with Crippen molar-refractivity contribution >= 4 is 16.0 Å². The van der Waals surface area contributed by atoms with Crippen LogP contribution >= 0.6 is 0 Å². The first kappa shape index (κ1) is 22.4. The van der Waals surface area contributed by atoms with E-state index in [9.17, 15) is 8.42 Å². The van der Waals surface area contributed by atoms with Gasteiger partial charge >= 0.3 is 0 Å². The van der Waals surface area contributed by atoms with Crippen LogP contribution < -0.4 is 20.5 Å². The molecule has 0 amide bonds. The van der Waals surface area contributed by atoms with Crippen molar-refractivity contribution in [2.75, 3.05) is 19.7 Å². The minimum absolute atomic E-state index is 0.112. The summed E-state index contributed by atoms with van der Waals surface area (Å²) in [5.41, 5.74) is 1.99. The molecule has 0 heterocycles. The summed E-state index contributed by atoms with van der Waals surface area (Å²) in [4.78, 5) is 4.74. The maximum absolute atomic E-state index is 11.3. The predicted molar refractivity (Wildman–Crippen MR) is 116 cm³/mol. The van der Waals surface area contributed by atoms with Gasteiger partial charge in [-0.1, -0.05) is 43.0 Å². The Labute approximate surface area is 172 Å². The Kier molecular flexibility index (Phi) is 8.69. The molecule has 0 aliphatic heterocycles. The summed E-state index contributed by atoms with van der Waals surface area (Å²) in [7, 11) is -3.66. The molecule has 0 spiro atoms. The molecular formula is C21H28N4O3S. The summed E-state index contributed by atoms with van der Waals surface area (Å²) in [5, 5.41) is 11.6. The summed E-state index contributed by atoms with van der Waals surface area (Å²) >= 11 is 0. The van der Waals surface area contributed by atoms with Gasteiger partial charge in [0.05, 0.1) is 11.4 Å². The average molecular weight is 417 g/mol. The van der Waals surface area contributed by atoms with Gasteiger partial charge in [-0.25, -0.2) is 18.5 Å². The quantitative estimate of drug-likeness (QED) is 0.313. The van der Waals surface area contributed by atoms with Crippen molar-refractivity contribution in [2.45, 2.75) is 24.8 Å². The molecule has 0 saturated heterocycles. The number of hydrogen-bond acceptors (Lipinski definition) is 4. The lowest BCUT2D eigenvalue weighted by Gasteiger charge is -2.13. The largest absolute Gasteiger partial charge is 0.489 e. The number of primary sulfonamides is 1. The molecule has 0 atom stereocenters. The standard InChI is InChI=1S/C21H28N4O3S/c1-3-15-28-20-8-6-5-7-18(20)16-25-21(23-4-2)24-14-13-17-9-11-19(12-10-17)29(22,26)27/h3,5-12H,1,4,13-16H2,2H3,(H2,22,26,27)(H2,23,24,25). The van der Waals surface area contributed by atoms with Gasteiger partial charge < -0.3 is 15.4 Å². The second-order valence-electron chi connectivity index (χ2n) is 6.27. The zero-order valence-corrected chi connectivity index (χ0v) is 17.4. The monoisotopic (exact) mass is 416 g/mol. The molecule has 156 valence electrons. The first-order chi connectivity index (χ1) is 13.9. The Balaban J connectivity index is 1.95. The highest BCUT2D eigenvalue weighted by Gasteiger charge is 2.07. The van der Waals surface area contributed by atoms with Gasteiger partial charge in [0.15, 0.2) is 5.96 Å². The van der Waals surface area contributed by atoms with Gasteiger partial charge in [0.25, 0.3) is 0 Å². The van der Waals surface area contributed by atoms with Gasteiger partial charge in [-0.2, -0.15) is 0 Å². The maximum atomic E-state index is 11.3. The van der Waals surface area contributed by atoms with Crippen LogP contribution in [0.15, 0.2) is 71.1 Å². The SMILES string of the molecule is C=CCOc1ccccc1CN=C(NCC)NCCc1ccc(S(N)(=O)=O)cc1. The molecule has 2 aromatic carbocycles. The second kappa shape index (κ2) is 11.2. The molecule has 0 radical (unpaired) electrons. The number of rotatable bonds is 10. The van der Waals surface area contributed by atoms with Crippen LogP contribution in [0.3, 0.4) is 0 Å². The number of hydrogen-bond donors (Lipinski definition) is 3. The van der Waals surface area contributed by atoms with Crippen molar-refractivity contribution in [2.24, 2.45) is 10.1 Å². The molecule has 0 fully saturated rings. The first-order valence-corrected chi connectivity index (χ1v) is 10.9. The highest BCUT2D eigenvalue weighted by Crippen LogP contribution is 2.18. The molecule has 4 N–H and O–H groups in total. The number of nitrogens with one attached hydrogen (secondary N) is 2. The second-order valence-corrected chi connectivity index (χ2v) is 7.83. The van der Waals surface area contributed by atoms with Gasteiger partial charge in [-0.05, 0) is 37.1 Å². The molecule has 0 saturated carbocycles. The molecule has 0 unspecified atom stereocenters. The number of nitrogens with two attached hydrogens (primary N) is 1. The van der Waals surface area contributed by atoms with E-state index >= 15 is 0 Å². The first-order valence-electron chi connectivity index (χ1n) is 9.39. The van der Waals surface area contributed by atoms with E-state index < -0.39 is 10.0 Å². The third-order valence-corrected chi connectivity index (χ3v) is 4.97. The number of nitrogens with zero attached hydrogens (tertiary/aromatic N) is 1. The Bertz CT molecular complexity index is 925.